The highest BCUT2D eigenvalue weighted by molar-refractivity contribution is 5.31. The summed E-state index contributed by atoms with van der Waals surface area (Å²) in [6.45, 7) is -3.18. The zero-order valence-corrected chi connectivity index (χ0v) is 8.14. The van der Waals surface area contributed by atoms with Gasteiger partial charge in [0.2, 0.25) is 0 Å². The van der Waals surface area contributed by atoms with Crippen LogP contribution < -0.4 is 10.5 Å². The van der Waals surface area contributed by atoms with Crippen molar-refractivity contribution in [3.63, 3.8) is 0 Å². The molecule has 0 aromatic heterocycles. The number of ether oxygens (including phenoxy) is 1. The average molecular weight is 259 g/mol. The van der Waals surface area contributed by atoms with E-state index in [1.807, 2.05) is 0 Å². The van der Waals surface area contributed by atoms with Gasteiger partial charge in [-0.25, -0.2) is 4.39 Å². The van der Waals surface area contributed by atoms with Gasteiger partial charge in [-0.3, -0.25) is 0 Å². The number of rotatable bonds is 3. The third-order valence-electron chi connectivity index (χ3n) is 1.88. The molecule has 8 heteroatoms. The normalized spacial score (nSPS) is 13.9. The maximum atomic E-state index is 13.2. The van der Waals surface area contributed by atoms with E-state index in [1.165, 1.54) is 0 Å². The average Bonchev–Trinajstić information content (AvgIpc) is 2.14. The van der Waals surface area contributed by atoms with Crippen molar-refractivity contribution in [2.24, 2.45) is 5.73 Å². The first kappa shape index (κ1) is 13.6. The fourth-order valence-corrected chi connectivity index (χ4v) is 1.11. The Bertz CT molecular complexity index is 392. The van der Waals surface area contributed by atoms with Crippen molar-refractivity contribution in [1.82, 2.24) is 0 Å². The van der Waals surface area contributed by atoms with Crippen LogP contribution in [0, 0.1) is 5.82 Å². The molecule has 0 aliphatic carbocycles. The lowest BCUT2D eigenvalue weighted by Gasteiger charge is -2.17. The highest BCUT2D eigenvalue weighted by Crippen LogP contribution is 2.33. The van der Waals surface area contributed by atoms with Crippen molar-refractivity contribution in [3.05, 3.63) is 29.6 Å². The second-order valence-corrected chi connectivity index (χ2v) is 3.08. The Hall–Kier alpha value is -1.44. The summed E-state index contributed by atoms with van der Waals surface area (Å²) >= 11 is 0. The van der Waals surface area contributed by atoms with E-state index < -0.39 is 36.0 Å². The second-order valence-electron chi connectivity index (χ2n) is 3.08. The molecule has 0 bridgehead atoms. The van der Waals surface area contributed by atoms with Crippen molar-refractivity contribution in [3.8, 4) is 5.75 Å². The van der Waals surface area contributed by atoms with Gasteiger partial charge < -0.3 is 10.5 Å². The van der Waals surface area contributed by atoms with Crippen LogP contribution in [0.4, 0.5) is 26.3 Å². The summed E-state index contributed by atoms with van der Waals surface area (Å²) in [7, 11) is 0. The van der Waals surface area contributed by atoms with E-state index in [-0.39, 0.29) is 0 Å². The van der Waals surface area contributed by atoms with Gasteiger partial charge >= 0.3 is 12.8 Å². The first-order chi connectivity index (χ1) is 7.71. The predicted octanol–water partition coefficient (Wildman–Crippen LogP) is 2.99. The molecule has 17 heavy (non-hydrogen) atoms. The standard InChI is InChI=1S/C9H7F6NO/c10-6-3-4(17-8(11)12)1-2-5(6)7(16)9(13,14)15/h1-3,7-8H,16H2. The number of hydrogen-bond acceptors (Lipinski definition) is 2. The van der Waals surface area contributed by atoms with Gasteiger partial charge in [-0.1, -0.05) is 6.07 Å². The van der Waals surface area contributed by atoms with E-state index >= 15 is 0 Å². The molecule has 2 N–H and O–H groups in total. The molecule has 0 radical (unpaired) electrons. The Labute approximate surface area is 92.0 Å². The molecule has 0 heterocycles. The molecule has 0 aliphatic heterocycles. The zero-order chi connectivity index (χ0) is 13.2. The quantitative estimate of drug-likeness (QED) is 0.847. The van der Waals surface area contributed by atoms with Gasteiger partial charge in [0.1, 0.15) is 17.6 Å². The van der Waals surface area contributed by atoms with E-state index in [2.05, 4.69) is 4.74 Å². The Morgan fingerprint density at radius 2 is 1.76 bits per heavy atom. The third-order valence-corrected chi connectivity index (χ3v) is 1.88. The molecule has 1 unspecified atom stereocenters. The van der Waals surface area contributed by atoms with Crippen molar-refractivity contribution in [1.29, 1.82) is 0 Å². The first-order valence-electron chi connectivity index (χ1n) is 4.28. The fraction of sp³-hybridized carbons (Fsp3) is 0.333. The minimum Gasteiger partial charge on any atom is -0.435 e. The molecule has 1 aromatic rings. The number of benzene rings is 1. The zero-order valence-electron chi connectivity index (χ0n) is 8.14. The molecular weight excluding hydrogens is 252 g/mol. The van der Waals surface area contributed by atoms with Crippen LogP contribution in [0.25, 0.3) is 0 Å². The highest BCUT2D eigenvalue weighted by atomic mass is 19.4. The topological polar surface area (TPSA) is 35.2 Å². The molecule has 0 aliphatic rings. The number of halogens is 6. The third kappa shape index (κ3) is 3.52. The molecule has 1 aromatic carbocycles. The lowest BCUT2D eigenvalue weighted by molar-refractivity contribution is -0.149. The van der Waals surface area contributed by atoms with Crippen molar-refractivity contribution < 1.29 is 31.1 Å². The number of alkyl halides is 5. The van der Waals surface area contributed by atoms with Gasteiger partial charge in [0, 0.05) is 11.6 Å². The summed E-state index contributed by atoms with van der Waals surface area (Å²) < 4.78 is 77.0. The van der Waals surface area contributed by atoms with Gasteiger partial charge in [-0.05, 0) is 6.07 Å². The monoisotopic (exact) mass is 259 g/mol. The number of hydrogen-bond donors (Lipinski definition) is 1. The summed E-state index contributed by atoms with van der Waals surface area (Å²) in [6, 6.07) is -0.642. The molecule has 1 atom stereocenters. The number of nitrogens with two attached hydrogens (primary N) is 1. The van der Waals surface area contributed by atoms with Crippen molar-refractivity contribution in [2.75, 3.05) is 0 Å². The Morgan fingerprint density at radius 1 is 1.18 bits per heavy atom. The van der Waals surface area contributed by atoms with Crippen LogP contribution in [-0.2, 0) is 0 Å². The van der Waals surface area contributed by atoms with Crippen LogP contribution >= 0.6 is 0 Å². The van der Waals surface area contributed by atoms with Gasteiger partial charge in [0.05, 0.1) is 0 Å². The van der Waals surface area contributed by atoms with Gasteiger partial charge in [0.25, 0.3) is 0 Å². The maximum absolute atomic E-state index is 13.2. The van der Waals surface area contributed by atoms with Crippen LogP contribution in [-0.4, -0.2) is 12.8 Å². The minimum absolute atomic E-state index is 0.424. The SMILES string of the molecule is NC(c1ccc(OC(F)F)cc1F)C(F)(F)F. The molecule has 0 amide bonds. The van der Waals surface area contributed by atoms with Crippen LogP contribution in [0.5, 0.6) is 5.75 Å². The van der Waals surface area contributed by atoms with Crippen LogP contribution in [0.2, 0.25) is 0 Å². The summed E-state index contributed by atoms with van der Waals surface area (Å²) in [5.74, 6) is -1.93. The van der Waals surface area contributed by atoms with E-state index in [4.69, 9.17) is 5.73 Å². The maximum Gasteiger partial charge on any atom is 0.407 e. The van der Waals surface area contributed by atoms with Gasteiger partial charge in [-0.2, -0.15) is 22.0 Å². The van der Waals surface area contributed by atoms with Crippen LogP contribution in [0.1, 0.15) is 11.6 Å². The predicted molar refractivity (Wildman–Crippen MR) is 46.0 cm³/mol. The molecule has 0 saturated carbocycles. The lowest BCUT2D eigenvalue weighted by Crippen LogP contribution is -2.29. The van der Waals surface area contributed by atoms with Crippen LogP contribution in [0.15, 0.2) is 18.2 Å². The molecule has 96 valence electrons. The van der Waals surface area contributed by atoms with Crippen molar-refractivity contribution in [2.45, 2.75) is 18.8 Å². The molecule has 0 saturated heterocycles. The van der Waals surface area contributed by atoms with E-state index in [1.54, 1.807) is 0 Å². The van der Waals surface area contributed by atoms with E-state index in [0.717, 1.165) is 6.07 Å². The Balaban J connectivity index is 2.98. The lowest BCUT2D eigenvalue weighted by atomic mass is 10.1. The van der Waals surface area contributed by atoms with Gasteiger partial charge in [-0.15, -0.1) is 0 Å². The Morgan fingerprint density at radius 3 is 2.18 bits per heavy atom. The largest absolute Gasteiger partial charge is 0.435 e. The smallest absolute Gasteiger partial charge is 0.407 e. The molecular formula is C9H7F6NO. The summed E-state index contributed by atoms with van der Waals surface area (Å²) in [5.41, 5.74) is 3.94. The molecule has 1 rings (SSSR count). The van der Waals surface area contributed by atoms with Crippen molar-refractivity contribution >= 4 is 0 Å². The molecule has 0 fully saturated rings. The highest BCUT2D eigenvalue weighted by Gasteiger charge is 2.39. The Kier molecular flexibility index (Phi) is 3.87. The summed E-state index contributed by atoms with van der Waals surface area (Å²) in [5, 5.41) is 0. The van der Waals surface area contributed by atoms with Crippen LogP contribution in [0.3, 0.4) is 0 Å². The summed E-state index contributed by atoms with van der Waals surface area (Å²) in [4.78, 5) is 0. The van der Waals surface area contributed by atoms with Gasteiger partial charge in [0.15, 0.2) is 0 Å². The second kappa shape index (κ2) is 4.82. The molecule has 2 nitrogen and oxygen atoms in total. The van der Waals surface area contributed by atoms with E-state index in [0.29, 0.717) is 12.1 Å². The minimum atomic E-state index is -4.81. The fourth-order valence-electron chi connectivity index (χ4n) is 1.11. The summed E-state index contributed by atoms with van der Waals surface area (Å²) in [6.07, 6.45) is -4.81. The first-order valence-corrected chi connectivity index (χ1v) is 4.28. The van der Waals surface area contributed by atoms with E-state index in [9.17, 15) is 26.3 Å². The molecule has 0 spiro atoms.